The lowest BCUT2D eigenvalue weighted by Crippen LogP contribution is -2.47. The van der Waals surface area contributed by atoms with Crippen LogP contribution in [0.5, 0.6) is 0 Å². The third-order valence-electron chi connectivity index (χ3n) is 4.50. The van der Waals surface area contributed by atoms with E-state index in [-0.39, 0.29) is 16.8 Å². The summed E-state index contributed by atoms with van der Waals surface area (Å²) < 4.78 is 28.5. The Labute approximate surface area is 142 Å². The Morgan fingerprint density at radius 1 is 1.42 bits per heavy atom. The zero-order valence-electron chi connectivity index (χ0n) is 13.9. The highest BCUT2D eigenvalue weighted by molar-refractivity contribution is 7.90. The van der Waals surface area contributed by atoms with Crippen LogP contribution in [0.25, 0.3) is 0 Å². The predicted molar refractivity (Wildman–Crippen MR) is 91.5 cm³/mol. The maximum atomic E-state index is 12.7. The maximum Gasteiger partial charge on any atom is 0.285 e. The Hall–Kier alpha value is -1.93. The Morgan fingerprint density at radius 2 is 2.17 bits per heavy atom. The Balaban J connectivity index is 1.88. The zero-order chi connectivity index (χ0) is 17.3. The number of amidine groups is 1. The van der Waals surface area contributed by atoms with Crippen molar-refractivity contribution >= 4 is 21.8 Å². The number of nitrogens with one attached hydrogen (secondary N) is 1. The molecule has 1 aromatic rings. The van der Waals surface area contributed by atoms with Crippen LogP contribution in [0.15, 0.2) is 33.6 Å². The molecule has 2 aliphatic heterocycles. The lowest BCUT2D eigenvalue weighted by Gasteiger charge is -2.29. The van der Waals surface area contributed by atoms with Gasteiger partial charge in [0, 0.05) is 32.2 Å². The van der Waals surface area contributed by atoms with Crippen molar-refractivity contribution in [2.45, 2.75) is 23.8 Å². The van der Waals surface area contributed by atoms with E-state index in [1.54, 1.807) is 36.2 Å². The highest BCUT2D eigenvalue weighted by Gasteiger charge is 2.39. The van der Waals surface area contributed by atoms with Gasteiger partial charge in [-0.15, -0.1) is 4.40 Å². The fourth-order valence-electron chi connectivity index (χ4n) is 3.22. The number of likely N-dealkylation sites (tertiary alicyclic amines) is 1. The lowest BCUT2D eigenvalue weighted by atomic mass is 10.1. The van der Waals surface area contributed by atoms with Crippen molar-refractivity contribution in [2.24, 2.45) is 4.40 Å². The molecule has 0 aliphatic carbocycles. The van der Waals surface area contributed by atoms with Crippen LogP contribution in [0, 0.1) is 0 Å². The number of sulfonamides is 1. The van der Waals surface area contributed by atoms with Crippen molar-refractivity contribution in [1.29, 1.82) is 0 Å². The summed E-state index contributed by atoms with van der Waals surface area (Å²) in [5.41, 5.74) is 0.593. The number of benzene rings is 1. The number of nitrogens with zero attached hydrogens (tertiary/aromatic N) is 3. The normalized spacial score (nSPS) is 21.5. The highest BCUT2D eigenvalue weighted by Crippen LogP contribution is 2.31. The average Bonchev–Trinajstić information content (AvgIpc) is 3.15. The first-order valence-electron chi connectivity index (χ1n) is 8.06. The summed E-state index contributed by atoms with van der Waals surface area (Å²) in [7, 11) is -0.0467. The van der Waals surface area contributed by atoms with Crippen LogP contribution in [0.4, 0.5) is 0 Å². The van der Waals surface area contributed by atoms with Crippen LogP contribution in [0.2, 0.25) is 0 Å². The summed E-state index contributed by atoms with van der Waals surface area (Å²) in [6.45, 7) is 1.97. The first kappa shape index (κ1) is 16.9. The molecule has 1 saturated heterocycles. The van der Waals surface area contributed by atoms with Crippen molar-refractivity contribution in [3.8, 4) is 0 Å². The lowest BCUT2D eigenvalue weighted by molar-refractivity contribution is -0.133. The smallest absolute Gasteiger partial charge is 0.285 e. The van der Waals surface area contributed by atoms with E-state index in [4.69, 9.17) is 0 Å². The topological polar surface area (TPSA) is 82.1 Å². The first-order valence-corrected chi connectivity index (χ1v) is 9.50. The van der Waals surface area contributed by atoms with Gasteiger partial charge in [0.05, 0.1) is 0 Å². The molecular weight excluding hydrogens is 328 g/mol. The number of hydrogen-bond donors (Lipinski definition) is 1. The molecule has 1 aromatic carbocycles. The van der Waals surface area contributed by atoms with Gasteiger partial charge in [-0.3, -0.25) is 4.79 Å². The molecule has 0 spiro atoms. The number of amides is 1. The second-order valence-corrected chi connectivity index (χ2v) is 7.67. The fraction of sp³-hybridized carbons (Fsp3) is 0.500. The van der Waals surface area contributed by atoms with Crippen molar-refractivity contribution < 1.29 is 13.2 Å². The average molecular weight is 350 g/mol. The molecule has 7 nitrogen and oxygen atoms in total. The molecular formula is C16H22N4O3S. The van der Waals surface area contributed by atoms with Crippen LogP contribution < -0.4 is 5.32 Å². The molecule has 0 saturated carbocycles. The van der Waals surface area contributed by atoms with Crippen LogP contribution >= 0.6 is 0 Å². The predicted octanol–water partition coefficient (Wildman–Crippen LogP) is 0.278. The number of carbonyl (C=O) groups is 1. The zero-order valence-corrected chi connectivity index (χ0v) is 14.7. The highest BCUT2D eigenvalue weighted by atomic mass is 32.2. The molecule has 2 heterocycles. The summed E-state index contributed by atoms with van der Waals surface area (Å²) in [5.74, 6) is 0.413. The molecule has 24 heavy (non-hydrogen) atoms. The van der Waals surface area contributed by atoms with Gasteiger partial charge < -0.3 is 15.1 Å². The van der Waals surface area contributed by atoms with Crippen LogP contribution in [0.1, 0.15) is 18.4 Å². The van der Waals surface area contributed by atoms with Crippen LogP contribution in [0.3, 0.4) is 0 Å². The van der Waals surface area contributed by atoms with Crippen LogP contribution in [-0.2, 0) is 14.8 Å². The van der Waals surface area contributed by atoms with E-state index < -0.39 is 10.0 Å². The summed E-state index contributed by atoms with van der Waals surface area (Å²) >= 11 is 0. The fourth-order valence-corrected chi connectivity index (χ4v) is 4.43. The van der Waals surface area contributed by atoms with Crippen molar-refractivity contribution in [3.05, 3.63) is 29.8 Å². The van der Waals surface area contributed by atoms with E-state index in [0.29, 0.717) is 37.5 Å². The third-order valence-corrected chi connectivity index (χ3v) is 5.82. The Kier molecular flexibility index (Phi) is 4.60. The SMILES string of the molecule is CNCCN(C)C(=O)C1CCCN1C1=NS(=O)(=O)c2ccccc21. The van der Waals surface area contributed by atoms with E-state index in [9.17, 15) is 13.2 Å². The Bertz CT molecular complexity index is 775. The van der Waals surface area contributed by atoms with E-state index in [1.807, 2.05) is 11.9 Å². The van der Waals surface area contributed by atoms with Gasteiger partial charge in [-0.25, -0.2) is 0 Å². The second kappa shape index (κ2) is 6.52. The second-order valence-electron chi connectivity index (χ2n) is 6.10. The Morgan fingerprint density at radius 3 is 2.92 bits per heavy atom. The molecule has 0 bridgehead atoms. The van der Waals surface area contributed by atoms with Crippen molar-refractivity contribution in [3.63, 3.8) is 0 Å². The van der Waals surface area contributed by atoms with E-state index in [0.717, 1.165) is 6.42 Å². The van der Waals surface area contributed by atoms with Gasteiger partial charge in [0.2, 0.25) is 5.91 Å². The van der Waals surface area contributed by atoms with Crippen molar-refractivity contribution in [2.75, 3.05) is 33.7 Å². The third kappa shape index (κ3) is 2.91. The minimum atomic E-state index is -3.66. The van der Waals surface area contributed by atoms with Gasteiger partial charge in [-0.1, -0.05) is 12.1 Å². The minimum Gasteiger partial charge on any atom is -0.343 e. The van der Waals surface area contributed by atoms with E-state index >= 15 is 0 Å². The maximum absolute atomic E-state index is 12.7. The van der Waals surface area contributed by atoms with Gasteiger partial charge in [0.25, 0.3) is 10.0 Å². The number of rotatable bonds is 4. The standard InChI is InChI=1S/C16H22N4O3S/c1-17-9-11-19(2)16(21)13-7-5-10-20(13)15-12-6-3-4-8-14(12)24(22,23)18-15/h3-4,6,8,13,17H,5,7,9-11H2,1-2H3. The van der Waals surface area contributed by atoms with Crippen LogP contribution in [-0.4, -0.2) is 69.7 Å². The minimum absolute atomic E-state index is 0.00669. The number of likely N-dealkylation sites (N-methyl/N-ethyl adjacent to an activating group) is 2. The summed E-state index contributed by atoms with van der Waals surface area (Å²) in [4.78, 5) is 16.5. The molecule has 1 unspecified atom stereocenters. The molecule has 1 N–H and O–H groups in total. The van der Waals surface area contributed by atoms with Gasteiger partial charge in [0.1, 0.15) is 10.9 Å². The molecule has 0 radical (unpaired) electrons. The molecule has 8 heteroatoms. The first-order chi connectivity index (χ1) is 11.5. The molecule has 1 amide bonds. The molecule has 130 valence electrons. The van der Waals surface area contributed by atoms with Gasteiger partial charge in [-0.05, 0) is 32.0 Å². The van der Waals surface area contributed by atoms with E-state index in [1.165, 1.54) is 0 Å². The quantitative estimate of drug-likeness (QED) is 0.843. The molecule has 1 fully saturated rings. The van der Waals surface area contributed by atoms with Gasteiger partial charge >= 0.3 is 0 Å². The largest absolute Gasteiger partial charge is 0.343 e. The monoisotopic (exact) mass is 350 g/mol. The molecule has 3 rings (SSSR count). The summed E-state index contributed by atoms with van der Waals surface area (Å²) in [5, 5.41) is 3.02. The number of fused-ring (bicyclic) bond motifs is 1. The van der Waals surface area contributed by atoms with Crippen molar-refractivity contribution in [1.82, 2.24) is 15.1 Å². The summed E-state index contributed by atoms with van der Waals surface area (Å²) in [6.07, 6.45) is 1.56. The van der Waals surface area contributed by atoms with Gasteiger partial charge in [0.15, 0.2) is 5.84 Å². The number of carbonyl (C=O) groups excluding carboxylic acids is 1. The molecule has 1 atom stereocenters. The number of hydrogen-bond acceptors (Lipinski definition) is 5. The summed E-state index contributed by atoms with van der Waals surface area (Å²) in [6, 6.07) is 6.44. The molecule has 2 aliphatic rings. The molecule has 0 aromatic heterocycles. The van der Waals surface area contributed by atoms with E-state index in [2.05, 4.69) is 9.71 Å². The van der Waals surface area contributed by atoms with Gasteiger partial charge in [-0.2, -0.15) is 8.42 Å².